The van der Waals surface area contributed by atoms with E-state index in [-0.39, 0.29) is 5.56 Å². The van der Waals surface area contributed by atoms with E-state index in [0.29, 0.717) is 32.2 Å². The van der Waals surface area contributed by atoms with E-state index in [1.807, 2.05) is 42.5 Å². The summed E-state index contributed by atoms with van der Waals surface area (Å²) in [6.07, 6.45) is 3.44. The van der Waals surface area contributed by atoms with Crippen molar-refractivity contribution in [1.82, 2.24) is 4.57 Å². The molecule has 0 spiro atoms. The molecular weight excluding hydrogens is 426 g/mol. The van der Waals surface area contributed by atoms with E-state index in [2.05, 4.69) is 52.0 Å². The number of allylic oxidation sites excluding steroid dienone is 1. The maximum absolute atomic E-state index is 13.1. The van der Waals surface area contributed by atoms with Crippen LogP contribution in [0.5, 0.6) is 0 Å². The van der Waals surface area contributed by atoms with Gasteiger partial charge < -0.3 is 0 Å². The number of aromatic nitrogens is 1. The molecule has 0 unspecified atom stereocenters. The first-order valence-corrected chi connectivity index (χ1v) is 11.8. The van der Waals surface area contributed by atoms with Crippen molar-refractivity contribution in [3.63, 3.8) is 0 Å². The van der Waals surface area contributed by atoms with Crippen molar-refractivity contribution in [3.05, 3.63) is 95.9 Å². The van der Waals surface area contributed by atoms with Crippen molar-refractivity contribution in [2.75, 3.05) is 0 Å². The Kier molecular flexibility index (Phi) is 6.18. The average Bonchev–Trinajstić information content (AvgIpc) is 3.13. The van der Waals surface area contributed by atoms with Crippen LogP contribution in [0.4, 0.5) is 0 Å². The first-order valence-electron chi connectivity index (χ1n) is 11.0. The highest BCUT2D eigenvalue weighted by molar-refractivity contribution is 7.07. The van der Waals surface area contributed by atoms with E-state index >= 15 is 0 Å². The number of thiazole rings is 1. The third-order valence-corrected chi connectivity index (χ3v) is 7.16. The molecule has 0 bridgehead atoms. The zero-order valence-corrected chi connectivity index (χ0v) is 20.0. The summed E-state index contributed by atoms with van der Waals surface area (Å²) in [5.74, 6) is 0.357. The van der Waals surface area contributed by atoms with Crippen molar-refractivity contribution >= 4 is 29.2 Å². The third-order valence-electron chi connectivity index (χ3n) is 6.04. The van der Waals surface area contributed by atoms with Gasteiger partial charge in [0.1, 0.15) is 4.66 Å². The van der Waals surface area contributed by atoms with Crippen LogP contribution in [0.15, 0.2) is 58.9 Å². The molecule has 0 aliphatic carbocycles. The van der Waals surface area contributed by atoms with Crippen LogP contribution in [-0.4, -0.2) is 4.57 Å². The van der Waals surface area contributed by atoms with E-state index < -0.39 is 5.92 Å². The molecule has 4 rings (SSSR count). The second kappa shape index (κ2) is 9.06. The van der Waals surface area contributed by atoms with Crippen LogP contribution in [0, 0.1) is 22.7 Å². The lowest BCUT2D eigenvalue weighted by atomic mass is 9.84. The first kappa shape index (κ1) is 22.5. The molecule has 0 amide bonds. The van der Waals surface area contributed by atoms with Gasteiger partial charge in [-0.05, 0) is 40.2 Å². The van der Waals surface area contributed by atoms with Gasteiger partial charge in [0.25, 0.3) is 5.56 Å². The van der Waals surface area contributed by atoms with Gasteiger partial charge in [-0.1, -0.05) is 76.2 Å². The molecule has 0 N–H and O–H groups in total. The summed E-state index contributed by atoms with van der Waals surface area (Å²) < 4.78 is 2.58. The summed E-state index contributed by atoms with van der Waals surface area (Å²) in [5.41, 5.74) is 4.86. The molecular formula is C28H25N3OS. The molecule has 1 atom stereocenters. The number of rotatable bonds is 4. The summed E-state index contributed by atoms with van der Waals surface area (Å²) in [7, 11) is 0. The minimum absolute atomic E-state index is 0.211. The normalized spacial score (nSPS) is 15.9. The molecule has 1 aliphatic rings. The fourth-order valence-corrected chi connectivity index (χ4v) is 5.14. The van der Waals surface area contributed by atoms with Crippen molar-refractivity contribution in [3.8, 4) is 12.1 Å². The number of hydrogen-bond donors (Lipinski definition) is 0. The van der Waals surface area contributed by atoms with Crippen molar-refractivity contribution in [2.45, 2.75) is 45.4 Å². The Morgan fingerprint density at radius 1 is 0.909 bits per heavy atom. The molecule has 164 valence electrons. The smallest absolute Gasteiger partial charge is 0.272 e. The van der Waals surface area contributed by atoms with Crippen LogP contribution in [0.3, 0.4) is 0 Å². The van der Waals surface area contributed by atoms with Gasteiger partial charge in [-0.15, -0.1) is 11.3 Å². The van der Waals surface area contributed by atoms with Crippen molar-refractivity contribution in [1.29, 1.82) is 10.5 Å². The minimum atomic E-state index is -0.475. The second-order valence-electron chi connectivity index (χ2n) is 8.89. The molecule has 33 heavy (non-hydrogen) atoms. The van der Waals surface area contributed by atoms with Crippen molar-refractivity contribution in [2.24, 2.45) is 0 Å². The van der Waals surface area contributed by atoms with E-state index in [9.17, 15) is 15.3 Å². The average molecular weight is 452 g/mol. The predicted molar refractivity (Wildman–Crippen MR) is 134 cm³/mol. The van der Waals surface area contributed by atoms with Crippen LogP contribution in [0.1, 0.15) is 67.7 Å². The SMILES string of the molecule is CC(C)c1ccc(/C=c2\sc3n(c2=O)C=C(C#N)[C@H](c2ccc(C(C)C)cc2)C=3C#N)cc1. The highest BCUT2D eigenvalue weighted by Crippen LogP contribution is 2.34. The van der Waals surface area contributed by atoms with Gasteiger partial charge in [0, 0.05) is 6.20 Å². The highest BCUT2D eigenvalue weighted by Gasteiger charge is 2.28. The molecule has 0 saturated heterocycles. The highest BCUT2D eigenvalue weighted by atomic mass is 32.1. The molecule has 0 saturated carbocycles. The van der Waals surface area contributed by atoms with Gasteiger partial charge >= 0.3 is 0 Å². The topological polar surface area (TPSA) is 69.6 Å². The Balaban J connectivity index is 1.88. The quantitative estimate of drug-likeness (QED) is 0.571. The molecule has 2 aromatic carbocycles. The number of benzene rings is 2. The minimum Gasteiger partial charge on any atom is -0.272 e. The summed E-state index contributed by atoms with van der Waals surface area (Å²) in [5, 5.41) is 19.9. The van der Waals surface area contributed by atoms with Crippen LogP contribution in [0.25, 0.3) is 17.8 Å². The lowest BCUT2D eigenvalue weighted by Gasteiger charge is -2.20. The Bertz CT molecular complexity index is 1490. The van der Waals surface area contributed by atoms with Gasteiger partial charge in [0.2, 0.25) is 0 Å². The molecule has 1 aromatic heterocycles. The Labute approximate surface area is 197 Å². The van der Waals surface area contributed by atoms with Crippen LogP contribution < -0.4 is 14.8 Å². The van der Waals surface area contributed by atoms with Gasteiger partial charge in [-0.3, -0.25) is 9.36 Å². The second-order valence-corrected chi connectivity index (χ2v) is 9.92. The lowest BCUT2D eigenvalue weighted by molar-refractivity contribution is 0.863. The lowest BCUT2D eigenvalue weighted by Crippen LogP contribution is -2.32. The van der Waals surface area contributed by atoms with Crippen LogP contribution in [-0.2, 0) is 0 Å². The number of fused-ring (bicyclic) bond motifs is 1. The van der Waals surface area contributed by atoms with E-state index in [1.165, 1.54) is 27.0 Å². The van der Waals surface area contributed by atoms with Gasteiger partial charge in [-0.2, -0.15) is 10.5 Å². The summed E-state index contributed by atoms with van der Waals surface area (Å²) in [4.78, 5) is 13.1. The Morgan fingerprint density at radius 2 is 1.48 bits per heavy atom. The Hall–Kier alpha value is -3.67. The number of nitrogens with zero attached hydrogens (tertiary/aromatic N) is 3. The first-order chi connectivity index (χ1) is 15.8. The molecule has 0 radical (unpaired) electrons. The standard InChI is InChI=1S/C28H25N3OS/c1-17(2)20-7-5-19(6-8-20)13-25-27(32)31-16-23(14-29)26(24(15-30)28(31)33-25)22-11-9-21(10-12-22)18(3)4/h5-13,16-18,26H,1-4H3/b25-13-/t26-/m0/s1. The van der Waals surface area contributed by atoms with Gasteiger partial charge in [0.05, 0.1) is 33.7 Å². The Morgan fingerprint density at radius 3 is 2.00 bits per heavy atom. The molecule has 3 aromatic rings. The number of hydrogen-bond acceptors (Lipinski definition) is 4. The summed E-state index contributed by atoms with van der Waals surface area (Å²) >= 11 is 1.30. The van der Waals surface area contributed by atoms with Crippen LogP contribution >= 0.6 is 11.3 Å². The van der Waals surface area contributed by atoms with E-state index in [0.717, 1.165) is 11.1 Å². The molecule has 5 heteroatoms. The maximum Gasteiger partial charge on any atom is 0.273 e. The largest absolute Gasteiger partial charge is 0.273 e. The predicted octanol–water partition coefficient (Wildman–Crippen LogP) is 4.82. The maximum atomic E-state index is 13.1. The van der Waals surface area contributed by atoms with E-state index in [4.69, 9.17) is 0 Å². The van der Waals surface area contributed by atoms with Gasteiger partial charge in [-0.25, -0.2) is 0 Å². The zero-order chi connectivity index (χ0) is 23.7. The third kappa shape index (κ3) is 4.21. The van der Waals surface area contributed by atoms with Gasteiger partial charge in [0.15, 0.2) is 0 Å². The fraction of sp³-hybridized carbons (Fsp3) is 0.250. The zero-order valence-electron chi connectivity index (χ0n) is 19.2. The van der Waals surface area contributed by atoms with E-state index in [1.54, 1.807) is 6.20 Å². The number of nitriles is 2. The molecule has 0 fully saturated rings. The monoisotopic (exact) mass is 451 g/mol. The van der Waals surface area contributed by atoms with Crippen LogP contribution in [0.2, 0.25) is 0 Å². The fourth-order valence-electron chi connectivity index (χ4n) is 4.05. The summed E-state index contributed by atoms with van der Waals surface area (Å²) in [6.45, 7) is 8.54. The summed E-state index contributed by atoms with van der Waals surface area (Å²) in [6, 6.07) is 20.7. The molecule has 1 aliphatic heterocycles. The molecule has 4 nitrogen and oxygen atoms in total. The molecule has 2 heterocycles. The van der Waals surface area contributed by atoms with Crippen molar-refractivity contribution < 1.29 is 0 Å².